The molecule has 1 rings (SSSR count). The highest BCUT2D eigenvalue weighted by molar-refractivity contribution is 8.22. The summed E-state index contributed by atoms with van der Waals surface area (Å²) in [6.07, 6.45) is 0. The Morgan fingerprint density at radius 3 is 1.35 bits per heavy atom. The maximum absolute atomic E-state index is 5.26. The van der Waals surface area contributed by atoms with Gasteiger partial charge in [-0.05, 0) is 11.1 Å². The van der Waals surface area contributed by atoms with Crippen molar-refractivity contribution in [2.75, 3.05) is 28.2 Å². The Labute approximate surface area is 141 Å². The standard InChI is InChI=1S/C14H20N2S4/c1-15(2)13(17)19-9-11-5-7-12(8-6-11)10-20-14(18)16(3)4/h5-8H,9-10H2,1-4H3. The van der Waals surface area contributed by atoms with Gasteiger partial charge in [-0.3, -0.25) is 0 Å². The van der Waals surface area contributed by atoms with Crippen LogP contribution in [0.5, 0.6) is 0 Å². The first-order valence-corrected chi connectivity index (χ1v) is 8.95. The summed E-state index contributed by atoms with van der Waals surface area (Å²) in [6.45, 7) is 0. The summed E-state index contributed by atoms with van der Waals surface area (Å²) in [5.74, 6) is 1.83. The smallest absolute Gasteiger partial charge is 0.136 e. The van der Waals surface area contributed by atoms with E-state index in [4.69, 9.17) is 24.4 Å². The summed E-state index contributed by atoms with van der Waals surface area (Å²) in [5, 5.41) is 0. The van der Waals surface area contributed by atoms with Crippen molar-refractivity contribution >= 4 is 56.6 Å². The lowest BCUT2D eigenvalue weighted by molar-refractivity contribution is 0.648. The molecular weight excluding hydrogens is 324 g/mol. The minimum Gasteiger partial charge on any atom is -0.364 e. The van der Waals surface area contributed by atoms with Gasteiger partial charge in [-0.25, -0.2) is 0 Å². The van der Waals surface area contributed by atoms with Crippen LogP contribution >= 0.6 is 48.0 Å². The summed E-state index contributed by atoms with van der Waals surface area (Å²) >= 11 is 13.9. The van der Waals surface area contributed by atoms with E-state index in [2.05, 4.69) is 24.3 Å². The van der Waals surface area contributed by atoms with E-state index in [1.165, 1.54) is 11.1 Å². The Bertz CT molecular complexity index is 412. The monoisotopic (exact) mass is 344 g/mol. The molecule has 0 atom stereocenters. The number of thioether (sulfide) groups is 2. The molecule has 1 aromatic rings. The van der Waals surface area contributed by atoms with Gasteiger partial charge < -0.3 is 9.80 Å². The molecule has 0 heterocycles. The lowest BCUT2D eigenvalue weighted by Crippen LogP contribution is -2.16. The maximum atomic E-state index is 5.26. The van der Waals surface area contributed by atoms with Crippen molar-refractivity contribution in [3.05, 3.63) is 35.4 Å². The highest BCUT2D eigenvalue weighted by Crippen LogP contribution is 2.19. The minimum atomic E-state index is 0.917. The van der Waals surface area contributed by atoms with Crippen molar-refractivity contribution in [3.8, 4) is 0 Å². The van der Waals surface area contributed by atoms with E-state index in [-0.39, 0.29) is 0 Å². The molecule has 0 amide bonds. The van der Waals surface area contributed by atoms with Crippen molar-refractivity contribution in [3.63, 3.8) is 0 Å². The molecule has 0 aliphatic carbocycles. The normalized spacial score (nSPS) is 10.2. The SMILES string of the molecule is CN(C)C(=S)SCc1ccc(CSC(=S)N(C)C)cc1. The lowest BCUT2D eigenvalue weighted by Gasteiger charge is -2.13. The third kappa shape index (κ3) is 6.43. The number of hydrogen-bond donors (Lipinski definition) is 0. The fourth-order valence-corrected chi connectivity index (χ4v) is 3.12. The largest absolute Gasteiger partial charge is 0.364 e. The van der Waals surface area contributed by atoms with Crippen LogP contribution in [0.25, 0.3) is 0 Å². The topological polar surface area (TPSA) is 6.48 Å². The van der Waals surface area contributed by atoms with Gasteiger partial charge in [-0.1, -0.05) is 72.2 Å². The van der Waals surface area contributed by atoms with Crippen LogP contribution in [0.15, 0.2) is 24.3 Å². The molecule has 0 fully saturated rings. The van der Waals surface area contributed by atoms with E-state index in [0.29, 0.717) is 0 Å². The van der Waals surface area contributed by atoms with E-state index in [0.717, 1.165) is 20.1 Å². The first-order chi connectivity index (χ1) is 9.40. The second kappa shape index (κ2) is 8.87. The first kappa shape index (κ1) is 17.8. The van der Waals surface area contributed by atoms with Gasteiger partial charge in [0.05, 0.1) is 0 Å². The molecule has 0 aliphatic heterocycles. The fraction of sp³-hybridized carbons (Fsp3) is 0.429. The van der Waals surface area contributed by atoms with E-state index in [1.54, 1.807) is 23.5 Å². The molecule has 0 saturated carbocycles. The van der Waals surface area contributed by atoms with Crippen molar-refractivity contribution < 1.29 is 0 Å². The lowest BCUT2D eigenvalue weighted by atomic mass is 10.2. The molecule has 2 nitrogen and oxygen atoms in total. The number of rotatable bonds is 4. The molecule has 0 N–H and O–H groups in total. The third-order valence-electron chi connectivity index (χ3n) is 2.48. The Morgan fingerprint density at radius 1 is 0.800 bits per heavy atom. The molecule has 0 aromatic heterocycles. The van der Waals surface area contributed by atoms with Gasteiger partial charge in [0.1, 0.15) is 8.64 Å². The van der Waals surface area contributed by atoms with Crippen LogP contribution in [0.4, 0.5) is 0 Å². The van der Waals surface area contributed by atoms with Crippen molar-refractivity contribution in [2.45, 2.75) is 11.5 Å². The maximum Gasteiger partial charge on any atom is 0.136 e. The molecule has 0 unspecified atom stereocenters. The van der Waals surface area contributed by atoms with Gasteiger partial charge in [-0.2, -0.15) is 0 Å². The van der Waals surface area contributed by atoms with Gasteiger partial charge in [-0.15, -0.1) is 0 Å². The predicted molar refractivity (Wildman–Crippen MR) is 102 cm³/mol. The minimum absolute atomic E-state index is 0.917. The highest BCUT2D eigenvalue weighted by Gasteiger charge is 2.03. The van der Waals surface area contributed by atoms with Crippen molar-refractivity contribution in [1.29, 1.82) is 0 Å². The number of benzene rings is 1. The molecule has 0 aliphatic rings. The fourth-order valence-electron chi connectivity index (χ4n) is 1.28. The summed E-state index contributed by atoms with van der Waals surface area (Å²) < 4.78 is 1.84. The second-order valence-electron chi connectivity index (χ2n) is 4.71. The average Bonchev–Trinajstić information content (AvgIpc) is 2.42. The molecule has 0 bridgehead atoms. The van der Waals surface area contributed by atoms with E-state index >= 15 is 0 Å². The molecule has 20 heavy (non-hydrogen) atoms. The summed E-state index contributed by atoms with van der Waals surface area (Å²) in [4.78, 5) is 3.93. The quantitative estimate of drug-likeness (QED) is 0.760. The molecular formula is C14H20N2S4. The molecule has 0 spiro atoms. The Kier molecular flexibility index (Phi) is 7.87. The highest BCUT2D eigenvalue weighted by atomic mass is 32.2. The number of hydrogen-bond acceptors (Lipinski definition) is 4. The van der Waals surface area contributed by atoms with Crippen LogP contribution in [0.1, 0.15) is 11.1 Å². The van der Waals surface area contributed by atoms with Crippen LogP contribution < -0.4 is 0 Å². The van der Waals surface area contributed by atoms with E-state index in [1.807, 2.05) is 38.0 Å². The molecule has 6 heteroatoms. The zero-order valence-corrected chi connectivity index (χ0v) is 15.5. The van der Waals surface area contributed by atoms with Crippen LogP contribution in [0, 0.1) is 0 Å². The Hall–Kier alpha value is -0.300. The van der Waals surface area contributed by atoms with Gasteiger partial charge in [0.25, 0.3) is 0 Å². The summed E-state index contributed by atoms with van der Waals surface area (Å²) in [5.41, 5.74) is 2.59. The van der Waals surface area contributed by atoms with Crippen molar-refractivity contribution in [1.82, 2.24) is 9.80 Å². The Morgan fingerprint density at radius 2 is 1.10 bits per heavy atom. The van der Waals surface area contributed by atoms with E-state index in [9.17, 15) is 0 Å². The molecule has 110 valence electrons. The van der Waals surface area contributed by atoms with Gasteiger partial charge in [0.15, 0.2) is 0 Å². The number of nitrogens with zero attached hydrogens (tertiary/aromatic N) is 2. The van der Waals surface area contributed by atoms with Crippen LogP contribution in [0.2, 0.25) is 0 Å². The predicted octanol–water partition coefficient (Wildman–Crippen LogP) is 3.85. The van der Waals surface area contributed by atoms with Gasteiger partial charge >= 0.3 is 0 Å². The first-order valence-electron chi connectivity index (χ1n) is 6.16. The van der Waals surface area contributed by atoms with E-state index < -0.39 is 0 Å². The van der Waals surface area contributed by atoms with Crippen LogP contribution in [-0.2, 0) is 11.5 Å². The average molecular weight is 345 g/mol. The Balaban J connectivity index is 2.44. The van der Waals surface area contributed by atoms with Crippen LogP contribution in [-0.4, -0.2) is 46.6 Å². The third-order valence-corrected chi connectivity index (χ3v) is 6.09. The van der Waals surface area contributed by atoms with Crippen molar-refractivity contribution in [2.24, 2.45) is 0 Å². The van der Waals surface area contributed by atoms with Gasteiger partial charge in [0.2, 0.25) is 0 Å². The van der Waals surface area contributed by atoms with Gasteiger partial charge in [0, 0.05) is 39.7 Å². The molecule has 0 radical (unpaired) electrons. The second-order valence-corrected chi connectivity index (χ2v) is 7.93. The summed E-state index contributed by atoms with van der Waals surface area (Å²) in [7, 11) is 7.90. The van der Waals surface area contributed by atoms with Crippen LogP contribution in [0.3, 0.4) is 0 Å². The summed E-state index contributed by atoms with van der Waals surface area (Å²) in [6, 6.07) is 8.67. The zero-order chi connectivity index (χ0) is 15.1. The zero-order valence-electron chi connectivity index (χ0n) is 12.3. The molecule has 1 aromatic carbocycles. The molecule has 0 saturated heterocycles. The number of thiocarbonyl (C=S) groups is 2.